The van der Waals surface area contributed by atoms with Gasteiger partial charge in [0.05, 0.1) is 12.2 Å². The van der Waals surface area contributed by atoms with Crippen molar-refractivity contribution in [2.24, 2.45) is 0 Å². The Kier molecular flexibility index (Phi) is 4.62. The zero-order valence-corrected chi connectivity index (χ0v) is 16.6. The number of aromatic nitrogens is 1. The van der Waals surface area contributed by atoms with Crippen molar-refractivity contribution in [3.8, 4) is 0 Å². The Morgan fingerprint density at radius 1 is 1.17 bits per heavy atom. The predicted molar refractivity (Wildman–Crippen MR) is 108 cm³/mol. The molecule has 8 heteroatoms. The zero-order valence-electron chi connectivity index (χ0n) is 15.9. The van der Waals surface area contributed by atoms with Crippen LogP contribution in [0.25, 0.3) is 11.0 Å². The van der Waals surface area contributed by atoms with Crippen LogP contribution in [-0.2, 0) is 23.3 Å². The molecule has 1 fully saturated rings. The van der Waals surface area contributed by atoms with E-state index in [1.54, 1.807) is 43.5 Å². The minimum Gasteiger partial charge on any atom is -0.423 e. The fourth-order valence-corrected chi connectivity index (χ4v) is 3.83. The molecular formula is C21H18ClN3O4. The minimum absolute atomic E-state index is 0.0863. The van der Waals surface area contributed by atoms with Gasteiger partial charge in [0, 0.05) is 22.7 Å². The normalized spacial score (nSPS) is 19.1. The van der Waals surface area contributed by atoms with Crippen LogP contribution in [0, 0.1) is 0 Å². The van der Waals surface area contributed by atoms with Crippen molar-refractivity contribution in [1.29, 1.82) is 0 Å². The summed E-state index contributed by atoms with van der Waals surface area (Å²) < 4.78 is 5.30. The average molecular weight is 412 g/mol. The van der Waals surface area contributed by atoms with Crippen molar-refractivity contribution < 1.29 is 14.0 Å². The maximum atomic E-state index is 13.1. The van der Waals surface area contributed by atoms with Crippen molar-refractivity contribution in [1.82, 2.24) is 15.2 Å². The Balaban J connectivity index is 1.75. The molecule has 7 nitrogen and oxygen atoms in total. The van der Waals surface area contributed by atoms with Gasteiger partial charge in [0.15, 0.2) is 5.54 Å². The summed E-state index contributed by atoms with van der Waals surface area (Å²) in [5, 5.41) is 3.82. The number of benzene rings is 1. The Morgan fingerprint density at radius 3 is 2.66 bits per heavy atom. The van der Waals surface area contributed by atoms with E-state index in [0.717, 1.165) is 10.5 Å². The van der Waals surface area contributed by atoms with Crippen molar-refractivity contribution >= 4 is 34.5 Å². The van der Waals surface area contributed by atoms with Crippen LogP contribution < -0.4 is 10.9 Å². The highest BCUT2D eigenvalue weighted by atomic mass is 35.5. The number of nitrogens with one attached hydrogen (secondary N) is 1. The maximum absolute atomic E-state index is 13.1. The second kappa shape index (κ2) is 7.00. The fourth-order valence-electron chi connectivity index (χ4n) is 3.53. The van der Waals surface area contributed by atoms with E-state index in [2.05, 4.69) is 10.3 Å². The van der Waals surface area contributed by atoms with Crippen LogP contribution >= 0.6 is 11.6 Å². The Morgan fingerprint density at radius 2 is 1.97 bits per heavy atom. The molecule has 3 aromatic rings. The number of urea groups is 1. The number of hydrogen-bond donors (Lipinski definition) is 1. The second-order valence-electron chi connectivity index (χ2n) is 7.05. The van der Waals surface area contributed by atoms with Crippen LogP contribution in [0.4, 0.5) is 4.79 Å². The summed E-state index contributed by atoms with van der Waals surface area (Å²) >= 11 is 6.33. The number of hydrogen-bond acceptors (Lipinski definition) is 5. The number of halogens is 1. The number of carbonyl (C=O) groups excluding carboxylic acids is 2. The van der Waals surface area contributed by atoms with Crippen molar-refractivity contribution in [2.75, 3.05) is 0 Å². The quantitative estimate of drug-likeness (QED) is 0.525. The summed E-state index contributed by atoms with van der Waals surface area (Å²) in [7, 11) is 0. The highest BCUT2D eigenvalue weighted by Gasteiger charge is 2.50. The van der Waals surface area contributed by atoms with Crippen LogP contribution in [0.3, 0.4) is 0 Å². The van der Waals surface area contributed by atoms with Gasteiger partial charge in [-0.25, -0.2) is 9.59 Å². The van der Waals surface area contributed by atoms with E-state index in [9.17, 15) is 14.4 Å². The van der Waals surface area contributed by atoms with E-state index in [1.165, 1.54) is 6.07 Å². The number of pyridine rings is 1. The number of rotatable bonds is 4. The zero-order chi connectivity index (χ0) is 20.8. The van der Waals surface area contributed by atoms with Gasteiger partial charge in [0.25, 0.3) is 5.91 Å². The molecule has 148 valence electrons. The van der Waals surface area contributed by atoms with E-state index >= 15 is 0 Å². The molecule has 1 aliphatic rings. The molecule has 3 heterocycles. The minimum atomic E-state index is -1.28. The van der Waals surface area contributed by atoms with Gasteiger partial charge in [-0.15, -0.1) is 0 Å². The summed E-state index contributed by atoms with van der Waals surface area (Å²) in [5.74, 6) is -0.445. The SMILES string of the molecule is CCc1cc2oc(=O)cc(CN3C(=O)NC(C)(c4ccccn4)C3=O)c2cc1Cl. The molecule has 1 atom stereocenters. The van der Waals surface area contributed by atoms with Crippen LogP contribution in [0.2, 0.25) is 5.02 Å². The van der Waals surface area contributed by atoms with E-state index in [0.29, 0.717) is 33.7 Å². The van der Waals surface area contributed by atoms with Gasteiger partial charge in [-0.3, -0.25) is 14.7 Å². The van der Waals surface area contributed by atoms with E-state index < -0.39 is 23.1 Å². The molecule has 3 amide bonds. The number of imide groups is 1. The number of amides is 3. The maximum Gasteiger partial charge on any atom is 0.336 e. The summed E-state index contributed by atoms with van der Waals surface area (Å²) in [6.45, 7) is 3.47. The fraction of sp³-hybridized carbons (Fsp3) is 0.238. The topological polar surface area (TPSA) is 92.5 Å². The largest absolute Gasteiger partial charge is 0.423 e. The van der Waals surface area contributed by atoms with Crippen molar-refractivity contribution in [3.63, 3.8) is 0 Å². The molecule has 0 aliphatic carbocycles. The standard InChI is InChI=1S/C21H18ClN3O4/c1-3-12-8-16-14(10-15(12)22)13(9-18(26)29-16)11-25-19(27)21(2,24-20(25)28)17-6-4-5-7-23-17/h4-10H,3,11H2,1-2H3,(H,24,28). The third kappa shape index (κ3) is 3.17. The van der Waals surface area contributed by atoms with Crippen molar-refractivity contribution in [3.05, 3.63) is 74.9 Å². The first-order valence-electron chi connectivity index (χ1n) is 9.14. The summed E-state index contributed by atoms with van der Waals surface area (Å²) in [6, 6.07) is 9.30. The van der Waals surface area contributed by atoms with Gasteiger partial charge >= 0.3 is 11.7 Å². The lowest BCUT2D eigenvalue weighted by atomic mass is 9.97. The molecular weight excluding hydrogens is 394 g/mol. The lowest BCUT2D eigenvalue weighted by Crippen LogP contribution is -2.41. The molecule has 2 aromatic heterocycles. The van der Waals surface area contributed by atoms with E-state index in [4.69, 9.17) is 16.0 Å². The van der Waals surface area contributed by atoms with Crippen LogP contribution in [-0.4, -0.2) is 21.8 Å². The molecule has 0 saturated carbocycles. The monoisotopic (exact) mass is 411 g/mol. The van der Waals surface area contributed by atoms with Crippen LogP contribution in [0.1, 0.15) is 30.7 Å². The molecule has 1 N–H and O–H groups in total. The highest BCUT2D eigenvalue weighted by molar-refractivity contribution is 6.32. The number of carbonyl (C=O) groups is 2. The van der Waals surface area contributed by atoms with Gasteiger partial charge in [0.2, 0.25) is 0 Å². The van der Waals surface area contributed by atoms with E-state index in [1.807, 2.05) is 6.92 Å². The van der Waals surface area contributed by atoms with Gasteiger partial charge in [0.1, 0.15) is 5.58 Å². The molecule has 0 spiro atoms. The number of nitrogens with zero attached hydrogens (tertiary/aromatic N) is 2. The first-order chi connectivity index (χ1) is 13.8. The van der Waals surface area contributed by atoms with Gasteiger partial charge in [-0.05, 0) is 48.7 Å². The Bertz CT molecular complexity index is 1190. The van der Waals surface area contributed by atoms with Gasteiger partial charge in [-0.2, -0.15) is 0 Å². The lowest BCUT2D eigenvalue weighted by Gasteiger charge is -2.21. The molecule has 1 saturated heterocycles. The smallest absolute Gasteiger partial charge is 0.336 e. The first-order valence-corrected chi connectivity index (χ1v) is 9.52. The van der Waals surface area contributed by atoms with E-state index in [-0.39, 0.29) is 6.54 Å². The lowest BCUT2D eigenvalue weighted by molar-refractivity contribution is -0.131. The molecule has 0 bridgehead atoms. The molecule has 1 unspecified atom stereocenters. The number of aryl methyl sites for hydroxylation is 1. The molecule has 1 aromatic carbocycles. The Labute approximate surface area is 171 Å². The third-order valence-corrected chi connectivity index (χ3v) is 5.51. The highest BCUT2D eigenvalue weighted by Crippen LogP contribution is 2.31. The van der Waals surface area contributed by atoms with Crippen LogP contribution in [0.15, 0.2) is 51.8 Å². The average Bonchev–Trinajstić information content (AvgIpc) is 2.92. The Hall–Kier alpha value is -3.19. The van der Waals surface area contributed by atoms with Crippen LogP contribution in [0.5, 0.6) is 0 Å². The predicted octanol–water partition coefficient (Wildman–Crippen LogP) is 3.37. The second-order valence-corrected chi connectivity index (χ2v) is 7.45. The van der Waals surface area contributed by atoms with Gasteiger partial charge in [-0.1, -0.05) is 24.6 Å². The molecule has 29 heavy (non-hydrogen) atoms. The number of fused-ring (bicyclic) bond motifs is 1. The summed E-state index contributed by atoms with van der Waals surface area (Å²) in [6.07, 6.45) is 2.24. The summed E-state index contributed by atoms with van der Waals surface area (Å²) in [5.41, 5.74) is 0.297. The first kappa shape index (κ1) is 19.1. The summed E-state index contributed by atoms with van der Waals surface area (Å²) in [4.78, 5) is 43.1. The third-order valence-electron chi connectivity index (χ3n) is 5.16. The molecule has 4 rings (SSSR count). The van der Waals surface area contributed by atoms with Gasteiger partial charge < -0.3 is 9.73 Å². The van der Waals surface area contributed by atoms with Crippen molar-refractivity contribution in [2.45, 2.75) is 32.4 Å². The molecule has 0 radical (unpaired) electrons. The molecule has 1 aliphatic heterocycles.